The molecule has 9 heteroatoms. The summed E-state index contributed by atoms with van der Waals surface area (Å²) in [6.45, 7) is 4.62. The minimum absolute atomic E-state index is 0.511. The van der Waals surface area contributed by atoms with Crippen LogP contribution in [0.5, 0.6) is 0 Å². The van der Waals surface area contributed by atoms with Gasteiger partial charge in [-0.3, -0.25) is 0 Å². The van der Waals surface area contributed by atoms with Gasteiger partial charge in [0.15, 0.2) is 6.10 Å². The van der Waals surface area contributed by atoms with E-state index in [2.05, 4.69) is 16.1 Å². The zero-order valence-corrected chi connectivity index (χ0v) is 9.92. The monoisotopic (exact) mass is 290 g/mol. The molecule has 0 spiro atoms. The Labute approximate surface area is 104 Å². The Balaban J connectivity index is 3.27. The molecular weight excluding hydrogens is 279 g/mol. The third-order valence-corrected chi connectivity index (χ3v) is 2.61. The van der Waals surface area contributed by atoms with E-state index in [0.717, 1.165) is 13.8 Å². The van der Waals surface area contributed by atoms with Crippen LogP contribution in [0.3, 0.4) is 0 Å². The molecule has 1 heterocycles. The van der Waals surface area contributed by atoms with E-state index in [9.17, 15) is 26.7 Å². The molecule has 0 radical (unpaired) electrons. The number of hydrogen-bond donors (Lipinski definition) is 1. The van der Waals surface area contributed by atoms with Crippen LogP contribution in [0, 0.1) is 0 Å². The first-order chi connectivity index (χ1) is 8.29. The van der Waals surface area contributed by atoms with Gasteiger partial charge in [-0.05, 0) is 13.8 Å². The van der Waals surface area contributed by atoms with Crippen LogP contribution >= 0.6 is 0 Å². The van der Waals surface area contributed by atoms with Crippen molar-refractivity contribution in [3.63, 3.8) is 0 Å². The highest BCUT2D eigenvalue weighted by Crippen LogP contribution is 2.55. The van der Waals surface area contributed by atoms with Crippen molar-refractivity contribution in [2.45, 2.75) is 43.4 Å². The van der Waals surface area contributed by atoms with E-state index >= 15 is 0 Å². The molecule has 1 N–H and O–H groups in total. The minimum Gasteiger partial charge on any atom is -0.449 e. The van der Waals surface area contributed by atoms with Gasteiger partial charge >= 0.3 is 23.9 Å². The van der Waals surface area contributed by atoms with Crippen molar-refractivity contribution in [1.82, 2.24) is 0 Å². The smallest absolute Gasteiger partial charge is 0.449 e. The Bertz CT molecular complexity index is 403. The molecule has 19 heavy (non-hydrogen) atoms. The summed E-state index contributed by atoms with van der Waals surface area (Å²) < 4.78 is 73.4. The highest BCUT2D eigenvalue weighted by molar-refractivity contribution is 5.81. The fraction of sp³-hybridized carbons (Fsp3) is 0.700. The lowest BCUT2D eigenvalue weighted by Gasteiger charge is -2.30. The molecule has 0 saturated carbocycles. The van der Waals surface area contributed by atoms with Crippen molar-refractivity contribution < 1.29 is 41.3 Å². The van der Waals surface area contributed by atoms with E-state index < -0.39 is 35.6 Å². The summed E-state index contributed by atoms with van der Waals surface area (Å²) in [4.78, 5) is 10.9. The number of ether oxygens (including phenoxy) is 2. The number of alkyl halides is 5. The summed E-state index contributed by atoms with van der Waals surface area (Å²) >= 11 is 0. The first-order valence-electron chi connectivity index (χ1n) is 4.99. The van der Waals surface area contributed by atoms with Gasteiger partial charge in [0.05, 0.1) is 0 Å². The minimum atomic E-state index is -5.76. The van der Waals surface area contributed by atoms with Crippen LogP contribution in [-0.2, 0) is 14.3 Å². The number of halogens is 5. The predicted molar refractivity (Wildman–Crippen MR) is 51.2 cm³/mol. The number of rotatable bonds is 2. The van der Waals surface area contributed by atoms with Gasteiger partial charge < -0.3 is 14.6 Å². The maximum Gasteiger partial charge on any atom is 0.449 e. The lowest BCUT2D eigenvalue weighted by Crippen LogP contribution is -2.59. The van der Waals surface area contributed by atoms with E-state index in [1.54, 1.807) is 0 Å². The summed E-state index contributed by atoms with van der Waals surface area (Å²) in [7, 11) is 0. The number of carbonyl (C=O) groups is 1. The van der Waals surface area contributed by atoms with Crippen molar-refractivity contribution >= 4 is 5.97 Å². The Morgan fingerprint density at radius 1 is 1.42 bits per heavy atom. The lowest BCUT2D eigenvalue weighted by molar-refractivity contribution is -0.413. The Kier molecular flexibility index (Phi) is 3.45. The molecule has 1 aliphatic heterocycles. The molecule has 2 unspecified atom stereocenters. The molecule has 2 atom stereocenters. The van der Waals surface area contributed by atoms with Gasteiger partial charge in [-0.1, -0.05) is 6.58 Å². The molecule has 1 saturated heterocycles. The number of carbonyl (C=O) groups excluding carboxylic acids is 1. The summed E-state index contributed by atoms with van der Waals surface area (Å²) in [6.07, 6.45) is -7.86. The molecule has 0 bridgehead atoms. The molecule has 1 rings (SSSR count). The maximum atomic E-state index is 13.7. The fourth-order valence-corrected chi connectivity index (χ4v) is 1.74. The molecular formula is C10H11F5O4. The molecule has 0 aromatic carbocycles. The normalized spacial score (nSPS) is 32.9. The van der Waals surface area contributed by atoms with Gasteiger partial charge in [-0.2, -0.15) is 22.0 Å². The van der Waals surface area contributed by atoms with Crippen LogP contribution in [0.15, 0.2) is 12.7 Å². The van der Waals surface area contributed by atoms with Crippen LogP contribution in [0.4, 0.5) is 22.0 Å². The van der Waals surface area contributed by atoms with Crippen molar-refractivity contribution in [2.24, 2.45) is 0 Å². The second-order valence-electron chi connectivity index (χ2n) is 4.49. The summed E-state index contributed by atoms with van der Waals surface area (Å²) in [5.41, 5.74) is -2.24. The maximum absolute atomic E-state index is 13.7. The Morgan fingerprint density at radius 3 is 2.21 bits per heavy atom. The Morgan fingerprint density at radius 2 is 1.89 bits per heavy atom. The van der Waals surface area contributed by atoms with Gasteiger partial charge in [-0.15, -0.1) is 0 Å². The number of hydrogen-bond acceptors (Lipinski definition) is 4. The highest BCUT2D eigenvalue weighted by atomic mass is 19.4. The third-order valence-electron chi connectivity index (χ3n) is 2.61. The second kappa shape index (κ2) is 4.14. The predicted octanol–water partition coefficient (Wildman–Crippen LogP) is 1.78. The standard InChI is InChI=1S/C10H11F5O4/c1-4-5(16)18-6-7(2,3)19-9(17,8(6,11)12)10(13,14)15/h4,6,17H,1H2,2-3H3. The molecule has 4 nitrogen and oxygen atoms in total. The first kappa shape index (κ1) is 15.8. The Hall–Kier alpha value is -1.22. The van der Waals surface area contributed by atoms with E-state index in [1.165, 1.54) is 0 Å². The molecule has 0 aliphatic carbocycles. The second-order valence-corrected chi connectivity index (χ2v) is 4.49. The highest BCUT2D eigenvalue weighted by Gasteiger charge is 2.82. The molecule has 110 valence electrons. The average molecular weight is 290 g/mol. The van der Waals surface area contributed by atoms with Gasteiger partial charge in [0.2, 0.25) is 0 Å². The number of esters is 1. The molecule has 1 fully saturated rings. The zero-order chi connectivity index (χ0) is 15.3. The fourth-order valence-electron chi connectivity index (χ4n) is 1.74. The van der Waals surface area contributed by atoms with Crippen molar-refractivity contribution in [3.8, 4) is 0 Å². The third kappa shape index (κ3) is 2.20. The first-order valence-corrected chi connectivity index (χ1v) is 4.99. The van der Waals surface area contributed by atoms with Crippen LogP contribution in [0.2, 0.25) is 0 Å². The van der Waals surface area contributed by atoms with Gasteiger partial charge in [0.1, 0.15) is 5.60 Å². The van der Waals surface area contributed by atoms with Crippen molar-refractivity contribution in [3.05, 3.63) is 12.7 Å². The molecule has 1 aliphatic rings. The van der Waals surface area contributed by atoms with Gasteiger partial charge in [-0.25, -0.2) is 4.79 Å². The van der Waals surface area contributed by atoms with Crippen LogP contribution < -0.4 is 0 Å². The van der Waals surface area contributed by atoms with Gasteiger partial charge in [0.25, 0.3) is 0 Å². The van der Waals surface area contributed by atoms with E-state index in [0.29, 0.717) is 6.08 Å². The topological polar surface area (TPSA) is 55.8 Å². The largest absolute Gasteiger partial charge is 0.449 e. The summed E-state index contributed by atoms with van der Waals surface area (Å²) in [5.74, 6) is -10.9. The SMILES string of the molecule is C=CC(=O)OC1C(C)(C)OC(O)(C(F)(F)F)C1(F)F. The van der Waals surface area contributed by atoms with E-state index in [1.807, 2.05) is 0 Å². The quantitative estimate of drug-likeness (QED) is 0.478. The van der Waals surface area contributed by atoms with E-state index in [4.69, 9.17) is 5.11 Å². The van der Waals surface area contributed by atoms with Crippen LogP contribution in [0.1, 0.15) is 13.8 Å². The number of aliphatic hydroxyl groups is 1. The lowest BCUT2D eigenvalue weighted by atomic mass is 9.96. The molecule has 0 amide bonds. The summed E-state index contributed by atoms with van der Waals surface area (Å²) in [6, 6.07) is 0. The van der Waals surface area contributed by atoms with Crippen LogP contribution in [-0.4, -0.2) is 40.7 Å². The van der Waals surface area contributed by atoms with Gasteiger partial charge in [0, 0.05) is 6.08 Å². The molecule has 0 aromatic rings. The van der Waals surface area contributed by atoms with Crippen molar-refractivity contribution in [2.75, 3.05) is 0 Å². The van der Waals surface area contributed by atoms with Crippen molar-refractivity contribution in [1.29, 1.82) is 0 Å². The molecule has 0 aromatic heterocycles. The average Bonchev–Trinajstić information content (AvgIpc) is 2.34. The van der Waals surface area contributed by atoms with E-state index in [-0.39, 0.29) is 0 Å². The van der Waals surface area contributed by atoms with Crippen LogP contribution in [0.25, 0.3) is 0 Å². The zero-order valence-electron chi connectivity index (χ0n) is 9.92. The summed E-state index contributed by atoms with van der Waals surface area (Å²) in [5, 5.41) is 9.13.